The van der Waals surface area contributed by atoms with Crippen molar-refractivity contribution in [3.63, 3.8) is 0 Å². The number of anilines is 1. The second-order valence-electron chi connectivity index (χ2n) is 5.84. The first-order valence-electron chi connectivity index (χ1n) is 7.32. The predicted molar refractivity (Wildman–Crippen MR) is 72.8 cm³/mol. The van der Waals surface area contributed by atoms with Crippen LogP contribution in [-0.4, -0.2) is 25.2 Å². The maximum Gasteiger partial charge on any atom is 0.416 e. The molecule has 0 spiro atoms. The van der Waals surface area contributed by atoms with Gasteiger partial charge in [-0.05, 0) is 43.9 Å². The first kappa shape index (κ1) is 14.6. The fourth-order valence-electron chi connectivity index (χ4n) is 2.87. The molecule has 1 aromatic rings. The van der Waals surface area contributed by atoms with Gasteiger partial charge in [-0.1, -0.05) is 0 Å². The van der Waals surface area contributed by atoms with Gasteiger partial charge in [0.05, 0.1) is 11.3 Å². The van der Waals surface area contributed by atoms with Gasteiger partial charge < -0.3 is 10.2 Å². The molecule has 2 aliphatic rings. The van der Waals surface area contributed by atoms with Gasteiger partial charge in [0, 0.05) is 25.2 Å². The van der Waals surface area contributed by atoms with Crippen LogP contribution in [0, 0.1) is 5.82 Å². The van der Waals surface area contributed by atoms with Crippen molar-refractivity contribution in [2.24, 2.45) is 0 Å². The molecule has 1 atom stereocenters. The third-order valence-corrected chi connectivity index (χ3v) is 4.18. The average molecular weight is 302 g/mol. The van der Waals surface area contributed by atoms with Gasteiger partial charge in [0.1, 0.15) is 5.82 Å². The molecule has 0 bridgehead atoms. The molecule has 3 rings (SSSR count). The molecule has 1 aromatic carbocycles. The lowest BCUT2D eigenvalue weighted by atomic mass is 10.1. The first-order chi connectivity index (χ1) is 9.95. The molecule has 21 heavy (non-hydrogen) atoms. The van der Waals surface area contributed by atoms with E-state index in [9.17, 15) is 17.6 Å². The van der Waals surface area contributed by atoms with Crippen molar-refractivity contribution >= 4 is 5.69 Å². The molecule has 1 aliphatic carbocycles. The molecular formula is C15H18F4N2. The average Bonchev–Trinajstić information content (AvgIpc) is 3.13. The number of benzene rings is 1. The highest BCUT2D eigenvalue weighted by molar-refractivity contribution is 5.51. The molecule has 0 aromatic heterocycles. The third-order valence-electron chi connectivity index (χ3n) is 4.18. The monoisotopic (exact) mass is 302 g/mol. The standard InChI is InChI=1S/C15H18F4N2/c16-13-8-10(15(17,18)19)3-6-14(13)21-7-1-2-12(21)9-20-11-4-5-11/h3,6,8,11-12,20H,1-2,4-5,7,9H2. The lowest BCUT2D eigenvalue weighted by Gasteiger charge is -2.28. The van der Waals surface area contributed by atoms with Gasteiger partial charge in [-0.25, -0.2) is 4.39 Å². The minimum atomic E-state index is -4.50. The largest absolute Gasteiger partial charge is 0.416 e. The highest BCUT2D eigenvalue weighted by atomic mass is 19.4. The lowest BCUT2D eigenvalue weighted by molar-refractivity contribution is -0.137. The quantitative estimate of drug-likeness (QED) is 0.856. The van der Waals surface area contributed by atoms with Crippen LogP contribution in [0.3, 0.4) is 0 Å². The number of hydrogen-bond donors (Lipinski definition) is 1. The number of alkyl halides is 3. The van der Waals surface area contributed by atoms with Gasteiger partial charge in [0.2, 0.25) is 0 Å². The molecule has 0 amide bonds. The van der Waals surface area contributed by atoms with Crippen molar-refractivity contribution in [3.8, 4) is 0 Å². The third kappa shape index (κ3) is 3.31. The Morgan fingerprint density at radius 3 is 2.57 bits per heavy atom. The summed E-state index contributed by atoms with van der Waals surface area (Å²) in [7, 11) is 0. The van der Waals surface area contributed by atoms with E-state index in [1.807, 2.05) is 4.90 Å². The second kappa shape index (κ2) is 5.48. The Bertz CT molecular complexity index is 511. The van der Waals surface area contributed by atoms with E-state index in [-0.39, 0.29) is 11.7 Å². The Kier molecular flexibility index (Phi) is 3.82. The van der Waals surface area contributed by atoms with Crippen LogP contribution < -0.4 is 10.2 Å². The minimum Gasteiger partial charge on any atom is -0.365 e. The summed E-state index contributed by atoms with van der Waals surface area (Å²) in [5, 5.41) is 3.41. The molecule has 2 nitrogen and oxygen atoms in total. The van der Waals surface area contributed by atoms with Gasteiger partial charge in [0.25, 0.3) is 0 Å². The van der Waals surface area contributed by atoms with E-state index in [2.05, 4.69) is 5.32 Å². The fraction of sp³-hybridized carbons (Fsp3) is 0.600. The Morgan fingerprint density at radius 2 is 1.95 bits per heavy atom. The van der Waals surface area contributed by atoms with Gasteiger partial charge in [-0.15, -0.1) is 0 Å². The fourth-order valence-corrected chi connectivity index (χ4v) is 2.87. The Balaban J connectivity index is 1.75. The summed E-state index contributed by atoms with van der Waals surface area (Å²) in [4.78, 5) is 1.89. The lowest BCUT2D eigenvalue weighted by Crippen LogP contribution is -2.39. The van der Waals surface area contributed by atoms with Crippen molar-refractivity contribution in [3.05, 3.63) is 29.6 Å². The van der Waals surface area contributed by atoms with Crippen LogP contribution in [0.25, 0.3) is 0 Å². The second-order valence-corrected chi connectivity index (χ2v) is 5.84. The molecule has 116 valence electrons. The summed E-state index contributed by atoms with van der Waals surface area (Å²) in [6.07, 6.45) is -0.252. The summed E-state index contributed by atoms with van der Waals surface area (Å²) in [5.74, 6) is -0.789. The summed E-state index contributed by atoms with van der Waals surface area (Å²) in [6.45, 7) is 1.46. The van der Waals surface area contributed by atoms with E-state index in [0.29, 0.717) is 18.7 Å². The van der Waals surface area contributed by atoms with Crippen molar-refractivity contribution in [1.29, 1.82) is 0 Å². The maximum atomic E-state index is 14.1. The molecule has 1 heterocycles. The van der Waals surface area contributed by atoms with E-state index in [1.54, 1.807) is 0 Å². The van der Waals surface area contributed by atoms with Gasteiger partial charge in [-0.3, -0.25) is 0 Å². The smallest absolute Gasteiger partial charge is 0.365 e. The van der Waals surface area contributed by atoms with Gasteiger partial charge in [0.15, 0.2) is 0 Å². The van der Waals surface area contributed by atoms with Crippen LogP contribution in [-0.2, 0) is 6.18 Å². The minimum absolute atomic E-state index is 0.164. The normalized spacial score (nSPS) is 22.9. The topological polar surface area (TPSA) is 15.3 Å². The molecule has 1 saturated heterocycles. The molecule has 2 fully saturated rings. The first-order valence-corrected chi connectivity index (χ1v) is 7.32. The number of nitrogens with zero attached hydrogens (tertiary/aromatic N) is 1. The van der Waals surface area contributed by atoms with Crippen LogP contribution >= 0.6 is 0 Å². The Morgan fingerprint density at radius 1 is 1.19 bits per heavy atom. The van der Waals surface area contributed by atoms with E-state index in [4.69, 9.17) is 0 Å². The maximum absolute atomic E-state index is 14.1. The molecule has 1 N–H and O–H groups in total. The predicted octanol–water partition coefficient (Wildman–Crippen LogP) is 3.57. The summed E-state index contributed by atoms with van der Waals surface area (Å²) in [6, 6.07) is 3.55. The number of rotatable bonds is 4. The molecule has 1 saturated carbocycles. The number of halogens is 4. The highest BCUT2D eigenvalue weighted by Gasteiger charge is 2.33. The van der Waals surface area contributed by atoms with Crippen molar-refractivity contribution in [2.45, 2.75) is 43.9 Å². The van der Waals surface area contributed by atoms with Crippen LogP contribution in [0.4, 0.5) is 23.2 Å². The molecule has 6 heteroatoms. The summed E-state index contributed by atoms with van der Waals surface area (Å²) >= 11 is 0. The summed E-state index contributed by atoms with van der Waals surface area (Å²) in [5.41, 5.74) is -0.654. The van der Waals surface area contributed by atoms with E-state index in [1.165, 1.54) is 18.9 Å². The number of nitrogens with one attached hydrogen (secondary N) is 1. The molecular weight excluding hydrogens is 284 g/mol. The van der Waals surface area contributed by atoms with Crippen LogP contribution in [0.1, 0.15) is 31.2 Å². The van der Waals surface area contributed by atoms with E-state index in [0.717, 1.165) is 25.5 Å². The number of hydrogen-bond acceptors (Lipinski definition) is 2. The van der Waals surface area contributed by atoms with Crippen LogP contribution in [0.15, 0.2) is 18.2 Å². The summed E-state index contributed by atoms with van der Waals surface area (Å²) < 4.78 is 51.8. The molecule has 1 unspecified atom stereocenters. The SMILES string of the molecule is Fc1cc(C(F)(F)F)ccc1N1CCCC1CNC1CC1. The van der Waals surface area contributed by atoms with Crippen molar-refractivity contribution in [1.82, 2.24) is 5.32 Å². The Hall–Kier alpha value is -1.30. The molecule has 0 radical (unpaired) electrons. The van der Waals surface area contributed by atoms with E-state index < -0.39 is 17.6 Å². The van der Waals surface area contributed by atoms with Crippen LogP contribution in [0.2, 0.25) is 0 Å². The van der Waals surface area contributed by atoms with E-state index >= 15 is 0 Å². The molecule has 1 aliphatic heterocycles. The zero-order valence-electron chi connectivity index (χ0n) is 11.6. The van der Waals surface area contributed by atoms with Gasteiger partial charge >= 0.3 is 6.18 Å². The van der Waals surface area contributed by atoms with Crippen molar-refractivity contribution in [2.75, 3.05) is 18.0 Å². The zero-order valence-corrected chi connectivity index (χ0v) is 11.6. The zero-order chi connectivity index (χ0) is 15.0. The Labute approximate surface area is 121 Å². The van der Waals surface area contributed by atoms with Crippen molar-refractivity contribution < 1.29 is 17.6 Å². The van der Waals surface area contributed by atoms with Gasteiger partial charge in [-0.2, -0.15) is 13.2 Å². The van der Waals surface area contributed by atoms with Crippen LogP contribution in [0.5, 0.6) is 0 Å². The highest BCUT2D eigenvalue weighted by Crippen LogP contribution is 2.34.